The summed E-state index contributed by atoms with van der Waals surface area (Å²) < 4.78 is 10.9. The third-order valence-electron chi connectivity index (χ3n) is 5.83. The molecule has 2 heterocycles. The number of carbonyl (C=O) groups is 2. The van der Waals surface area contributed by atoms with Crippen LogP contribution < -0.4 is 15.0 Å². The van der Waals surface area contributed by atoms with E-state index >= 15 is 0 Å². The van der Waals surface area contributed by atoms with E-state index in [0.717, 1.165) is 18.7 Å². The normalized spacial score (nSPS) is 13.3. The molecule has 0 bridgehead atoms. The van der Waals surface area contributed by atoms with Crippen molar-refractivity contribution in [2.75, 3.05) is 31.6 Å². The van der Waals surface area contributed by atoms with Gasteiger partial charge < -0.3 is 19.4 Å². The standard InChI is InChI=1S/C26H29N3O4/c1-3-32-21-11-10-19-12-13-29(17-20(19)15-21)18-25(30)28(2)24-9-5-4-8-23(24)26(31)27-16-22-7-6-14-33-22/h4-11,14-15H,3,12-13,16-18H2,1-2H3,(H,27,31). The first-order valence-corrected chi connectivity index (χ1v) is 11.2. The van der Waals surface area contributed by atoms with E-state index in [1.54, 1.807) is 48.5 Å². The third-order valence-corrected chi connectivity index (χ3v) is 5.83. The van der Waals surface area contributed by atoms with Crippen molar-refractivity contribution in [3.63, 3.8) is 0 Å². The van der Waals surface area contributed by atoms with E-state index in [4.69, 9.17) is 9.15 Å². The number of nitrogens with one attached hydrogen (secondary N) is 1. The van der Waals surface area contributed by atoms with Crippen molar-refractivity contribution in [3.8, 4) is 5.75 Å². The average molecular weight is 448 g/mol. The van der Waals surface area contributed by atoms with E-state index in [1.807, 2.05) is 19.1 Å². The molecule has 0 saturated carbocycles. The quantitative estimate of drug-likeness (QED) is 0.571. The van der Waals surface area contributed by atoms with Crippen LogP contribution in [0.3, 0.4) is 0 Å². The van der Waals surface area contributed by atoms with Crippen LogP contribution in [0.25, 0.3) is 0 Å². The van der Waals surface area contributed by atoms with E-state index in [9.17, 15) is 9.59 Å². The lowest BCUT2D eigenvalue weighted by Crippen LogP contribution is -2.41. The minimum Gasteiger partial charge on any atom is -0.494 e. The van der Waals surface area contributed by atoms with Crippen molar-refractivity contribution >= 4 is 17.5 Å². The smallest absolute Gasteiger partial charge is 0.253 e. The maximum atomic E-state index is 13.1. The van der Waals surface area contributed by atoms with Gasteiger partial charge in [0, 0.05) is 20.1 Å². The molecule has 0 unspecified atom stereocenters. The number of benzene rings is 2. The number of carbonyl (C=O) groups excluding carboxylic acids is 2. The number of amides is 2. The Morgan fingerprint density at radius 2 is 1.97 bits per heavy atom. The zero-order chi connectivity index (χ0) is 23.2. The van der Waals surface area contributed by atoms with Crippen LogP contribution in [0.4, 0.5) is 5.69 Å². The second-order valence-electron chi connectivity index (χ2n) is 8.06. The van der Waals surface area contributed by atoms with Crippen molar-refractivity contribution in [3.05, 3.63) is 83.3 Å². The molecule has 2 amide bonds. The molecule has 0 atom stereocenters. The molecule has 1 N–H and O–H groups in total. The number of hydrogen-bond donors (Lipinski definition) is 1. The monoisotopic (exact) mass is 447 g/mol. The largest absolute Gasteiger partial charge is 0.494 e. The topological polar surface area (TPSA) is 75.0 Å². The molecular weight excluding hydrogens is 418 g/mol. The Kier molecular flexibility index (Phi) is 7.10. The third kappa shape index (κ3) is 5.43. The van der Waals surface area contributed by atoms with E-state index in [2.05, 4.69) is 22.3 Å². The van der Waals surface area contributed by atoms with Crippen molar-refractivity contribution in [1.29, 1.82) is 0 Å². The van der Waals surface area contributed by atoms with Gasteiger partial charge >= 0.3 is 0 Å². The van der Waals surface area contributed by atoms with Gasteiger partial charge in [-0.2, -0.15) is 0 Å². The number of rotatable bonds is 8. The summed E-state index contributed by atoms with van der Waals surface area (Å²) in [5.41, 5.74) is 3.52. The van der Waals surface area contributed by atoms with Gasteiger partial charge in [0.05, 0.1) is 37.2 Å². The Morgan fingerprint density at radius 3 is 2.76 bits per heavy atom. The summed E-state index contributed by atoms with van der Waals surface area (Å²) in [6.07, 6.45) is 2.46. The summed E-state index contributed by atoms with van der Waals surface area (Å²) >= 11 is 0. The van der Waals surface area contributed by atoms with Crippen LogP contribution in [-0.4, -0.2) is 43.5 Å². The van der Waals surface area contributed by atoms with Crippen LogP contribution in [0, 0.1) is 0 Å². The van der Waals surface area contributed by atoms with Crippen molar-refractivity contribution in [1.82, 2.24) is 10.2 Å². The number of para-hydroxylation sites is 1. The number of fused-ring (bicyclic) bond motifs is 1. The number of nitrogens with zero attached hydrogens (tertiary/aromatic N) is 2. The zero-order valence-corrected chi connectivity index (χ0v) is 19.0. The minimum atomic E-state index is -0.253. The molecule has 0 aliphatic carbocycles. The molecular formula is C26H29N3O4. The van der Waals surface area contributed by atoms with Crippen LogP contribution in [0.2, 0.25) is 0 Å². The van der Waals surface area contributed by atoms with Gasteiger partial charge in [-0.1, -0.05) is 18.2 Å². The molecule has 1 aliphatic rings. The number of furan rings is 1. The van der Waals surface area contributed by atoms with Gasteiger partial charge in [0.1, 0.15) is 11.5 Å². The van der Waals surface area contributed by atoms with Crippen LogP contribution in [0.1, 0.15) is 34.2 Å². The van der Waals surface area contributed by atoms with Crippen LogP contribution in [0.5, 0.6) is 5.75 Å². The summed E-state index contributed by atoms with van der Waals surface area (Å²) in [6.45, 7) is 4.66. The number of anilines is 1. The fourth-order valence-corrected chi connectivity index (χ4v) is 4.05. The van der Waals surface area contributed by atoms with Crippen LogP contribution >= 0.6 is 0 Å². The maximum absolute atomic E-state index is 13.1. The Morgan fingerprint density at radius 1 is 1.12 bits per heavy atom. The van der Waals surface area contributed by atoms with Crippen molar-refractivity contribution in [2.24, 2.45) is 0 Å². The van der Waals surface area contributed by atoms with Gasteiger partial charge in [-0.25, -0.2) is 0 Å². The molecule has 0 saturated heterocycles. The molecule has 7 heteroatoms. The number of ether oxygens (including phenoxy) is 1. The highest BCUT2D eigenvalue weighted by atomic mass is 16.5. The highest BCUT2D eigenvalue weighted by Crippen LogP contribution is 2.25. The summed E-state index contributed by atoms with van der Waals surface area (Å²) in [5, 5.41) is 2.85. The molecule has 33 heavy (non-hydrogen) atoms. The SMILES string of the molecule is CCOc1ccc2c(c1)CN(CC(=O)N(C)c1ccccc1C(=O)NCc1ccco1)CC2. The summed E-state index contributed by atoms with van der Waals surface area (Å²) in [5.74, 6) is 1.21. The lowest BCUT2D eigenvalue weighted by atomic mass is 9.99. The highest BCUT2D eigenvalue weighted by molar-refractivity contribution is 6.05. The molecule has 0 fully saturated rings. The Bertz CT molecular complexity index is 1110. The molecule has 3 aromatic rings. The lowest BCUT2D eigenvalue weighted by Gasteiger charge is -2.30. The van der Waals surface area contributed by atoms with Gasteiger partial charge in [-0.3, -0.25) is 14.5 Å². The first kappa shape index (κ1) is 22.6. The van der Waals surface area contributed by atoms with E-state index < -0.39 is 0 Å². The fraction of sp³-hybridized carbons (Fsp3) is 0.308. The van der Waals surface area contributed by atoms with Gasteiger partial charge in [0.25, 0.3) is 5.91 Å². The first-order valence-electron chi connectivity index (χ1n) is 11.2. The molecule has 1 aliphatic heterocycles. The van der Waals surface area contributed by atoms with Crippen molar-refractivity contribution in [2.45, 2.75) is 26.4 Å². The van der Waals surface area contributed by atoms with E-state index in [0.29, 0.717) is 30.2 Å². The van der Waals surface area contributed by atoms with Crippen LogP contribution in [0.15, 0.2) is 65.3 Å². The summed E-state index contributed by atoms with van der Waals surface area (Å²) in [4.78, 5) is 29.6. The average Bonchev–Trinajstić information content (AvgIpc) is 3.36. The summed E-state index contributed by atoms with van der Waals surface area (Å²) in [6, 6.07) is 16.9. The predicted molar refractivity (Wildman–Crippen MR) is 126 cm³/mol. The molecule has 2 aromatic carbocycles. The van der Waals surface area contributed by atoms with Gasteiger partial charge in [-0.05, 0) is 60.9 Å². The first-order chi connectivity index (χ1) is 16.0. The summed E-state index contributed by atoms with van der Waals surface area (Å²) in [7, 11) is 1.71. The van der Waals surface area contributed by atoms with E-state index in [-0.39, 0.29) is 24.9 Å². The van der Waals surface area contributed by atoms with Crippen LogP contribution in [-0.2, 0) is 24.3 Å². The van der Waals surface area contributed by atoms with Gasteiger partial charge in [-0.15, -0.1) is 0 Å². The molecule has 0 radical (unpaired) electrons. The predicted octanol–water partition coefficient (Wildman–Crippen LogP) is 3.63. The second kappa shape index (κ2) is 10.4. The molecule has 7 nitrogen and oxygen atoms in total. The fourth-order valence-electron chi connectivity index (χ4n) is 4.05. The molecule has 172 valence electrons. The number of likely N-dealkylation sites (N-methyl/N-ethyl adjacent to an activating group) is 1. The Labute approximate surface area is 193 Å². The van der Waals surface area contributed by atoms with Gasteiger partial charge in [0.15, 0.2) is 0 Å². The lowest BCUT2D eigenvalue weighted by molar-refractivity contribution is -0.119. The Balaban J connectivity index is 1.41. The van der Waals surface area contributed by atoms with Gasteiger partial charge in [0.2, 0.25) is 5.91 Å². The molecule has 1 aromatic heterocycles. The van der Waals surface area contributed by atoms with E-state index in [1.165, 1.54) is 11.1 Å². The maximum Gasteiger partial charge on any atom is 0.253 e. The number of hydrogen-bond acceptors (Lipinski definition) is 5. The zero-order valence-electron chi connectivity index (χ0n) is 19.0. The van der Waals surface area contributed by atoms with Crippen molar-refractivity contribution < 1.29 is 18.7 Å². The minimum absolute atomic E-state index is 0.0642. The second-order valence-corrected chi connectivity index (χ2v) is 8.06. The molecule has 4 rings (SSSR count). The Hall–Kier alpha value is -3.58. The highest BCUT2D eigenvalue weighted by Gasteiger charge is 2.23. The molecule has 0 spiro atoms.